The van der Waals surface area contributed by atoms with Crippen LogP contribution in [-0.4, -0.2) is 29.1 Å². The molecule has 0 aromatic heterocycles. The van der Waals surface area contributed by atoms with Crippen LogP contribution < -0.4 is 0 Å². The Morgan fingerprint density at radius 3 is 2.42 bits per heavy atom. The van der Waals surface area contributed by atoms with Crippen LogP contribution in [0.15, 0.2) is 30.3 Å². The molecule has 104 valence electrons. The fourth-order valence-electron chi connectivity index (χ4n) is 3.03. The molecule has 3 nitrogen and oxygen atoms in total. The number of carboxylic acids is 1. The lowest BCUT2D eigenvalue weighted by Gasteiger charge is -2.38. The maximum Gasteiger partial charge on any atom is 0.309 e. The SMILES string of the molecule is CCCC1(C(=O)O)CCN(Cc2ccccc2)CC1. The molecule has 0 aliphatic carbocycles. The summed E-state index contributed by atoms with van der Waals surface area (Å²) in [5, 5.41) is 9.48. The zero-order chi connectivity index (χ0) is 13.7. The van der Waals surface area contributed by atoms with E-state index in [4.69, 9.17) is 0 Å². The molecule has 1 aliphatic heterocycles. The van der Waals surface area contributed by atoms with Gasteiger partial charge in [0.1, 0.15) is 0 Å². The van der Waals surface area contributed by atoms with Crippen molar-refractivity contribution in [1.29, 1.82) is 0 Å². The summed E-state index contributed by atoms with van der Waals surface area (Å²) in [6.07, 6.45) is 3.32. The van der Waals surface area contributed by atoms with Gasteiger partial charge in [0.15, 0.2) is 0 Å². The van der Waals surface area contributed by atoms with Crippen molar-refractivity contribution in [3.05, 3.63) is 35.9 Å². The molecule has 1 N–H and O–H groups in total. The molecule has 1 aliphatic rings. The van der Waals surface area contributed by atoms with E-state index in [-0.39, 0.29) is 0 Å². The summed E-state index contributed by atoms with van der Waals surface area (Å²) in [4.78, 5) is 13.9. The topological polar surface area (TPSA) is 40.5 Å². The van der Waals surface area contributed by atoms with Crippen molar-refractivity contribution in [3.63, 3.8) is 0 Å². The van der Waals surface area contributed by atoms with Gasteiger partial charge < -0.3 is 5.11 Å². The van der Waals surface area contributed by atoms with Gasteiger partial charge in [-0.3, -0.25) is 9.69 Å². The van der Waals surface area contributed by atoms with Gasteiger partial charge in [-0.25, -0.2) is 0 Å². The van der Waals surface area contributed by atoms with Crippen molar-refractivity contribution < 1.29 is 9.90 Å². The molecule has 2 rings (SSSR count). The minimum absolute atomic E-state index is 0.470. The fourth-order valence-corrected chi connectivity index (χ4v) is 3.03. The quantitative estimate of drug-likeness (QED) is 0.885. The van der Waals surface area contributed by atoms with E-state index < -0.39 is 11.4 Å². The third-order valence-electron chi connectivity index (χ3n) is 4.24. The normalized spacial score (nSPS) is 19.2. The van der Waals surface area contributed by atoms with Gasteiger partial charge in [0.2, 0.25) is 0 Å². The lowest BCUT2D eigenvalue weighted by atomic mass is 9.75. The summed E-state index contributed by atoms with van der Waals surface area (Å²) in [5.41, 5.74) is 0.836. The molecule has 0 amide bonds. The Morgan fingerprint density at radius 1 is 1.26 bits per heavy atom. The molecule has 0 bridgehead atoms. The Balaban J connectivity index is 1.93. The molecule has 3 heteroatoms. The van der Waals surface area contributed by atoms with Crippen LogP contribution in [0.2, 0.25) is 0 Å². The summed E-state index contributed by atoms with van der Waals surface area (Å²) >= 11 is 0. The van der Waals surface area contributed by atoms with E-state index in [1.54, 1.807) is 0 Å². The minimum atomic E-state index is -0.603. The van der Waals surface area contributed by atoms with E-state index in [1.807, 2.05) is 6.07 Å². The molecular formula is C16H23NO2. The first-order valence-corrected chi connectivity index (χ1v) is 7.16. The van der Waals surface area contributed by atoms with Gasteiger partial charge in [0.05, 0.1) is 5.41 Å². The first-order valence-electron chi connectivity index (χ1n) is 7.16. The molecule has 1 aromatic carbocycles. The predicted octanol–water partition coefficient (Wildman–Crippen LogP) is 3.15. The first-order chi connectivity index (χ1) is 9.16. The van der Waals surface area contributed by atoms with Gasteiger partial charge >= 0.3 is 5.97 Å². The highest BCUT2D eigenvalue weighted by molar-refractivity contribution is 5.74. The molecule has 1 fully saturated rings. The summed E-state index contributed by atoms with van der Waals surface area (Å²) in [5.74, 6) is -0.603. The van der Waals surface area contributed by atoms with Crippen molar-refractivity contribution in [1.82, 2.24) is 4.90 Å². The molecule has 0 radical (unpaired) electrons. The highest BCUT2D eigenvalue weighted by atomic mass is 16.4. The Bertz CT molecular complexity index is 408. The summed E-state index contributed by atoms with van der Waals surface area (Å²) in [6, 6.07) is 10.4. The summed E-state index contributed by atoms with van der Waals surface area (Å²) in [7, 11) is 0. The number of hydrogen-bond donors (Lipinski definition) is 1. The highest BCUT2D eigenvalue weighted by Gasteiger charge is 2.40. The van der Waals surface area contributed by atoms with E-state index >= 15 is 0 Å². The Kier molecular flexibility index (Phi) is 4.59. The molecule has 0 unspecified atom stereocenters. The first kappa shape index (κ1) is 14.1. The van der Waals surface area contributed by atoms with Crippen molar-refractivity contribution >= 4 is 5.97 Å². The van der Waals surface area contributed by atoms with E-state index in [0.29, 0.717) is 0 Å². The summed E-state index contributed by atoms with van der Waals surface area (Å²) in [6.45, 7) is 4.78. The monoisotopic (exact) mass is 261 g/mol. The van der Waals surface area contributed by atoms with Crippen LogP contribution in [-0.2, 0) is 11.3 Å². The molecule has 0 saturated carbocycles. The molecule has 0 atom stereocenters. The van der Waals surface area contributed by atoms with Gasteiger partial charge in [0.25, 0.3) is 0 Å². The minimum Gasteiger partial charge on any atom is -0.481 e. The fraction of sp³-hybridized carbons (Fsp3) is 0.562. The number of benzene rings is 1. The van der Waals surface area contributed by atoms with Gasteiger partial charge in [-0.1, -0.05) is 43.7 Å². The van der Waals surface area contributed by atoms with Crippen molar-refractivity contribution in [2.45, 2.75) is 39.2 Å². The van der Waals surface area contributed by atoms with Crippen molar-refractivity contribution in [2.75, 3.05) is 13.1 Å². The molecule has 1 saturated heterocycles. The molecule has 0 spiro atoms. The second-order valence-electron chi connectivity index (χ2n) is 5.60. The lowest BCUT2D eigenvalue weighted by Crippen LogP contribution is -2.44. The molecule has 1 heterocycles. The maximum atomic E-state index is 11.5. The standard InChI is InChI=1S/C16H23NO2/c1-2-8-16(15(18)19)9-11-17(12-10-16)13-14-6-4-3-5-7-14/h3-7H,2,8-13H2,1H3,(H,18,19). The molecule has 1 aromatic rings. The highest BCUT2D eigenvalue weighted by Crippen LogP contribution is 2.36. The van der Waals surface area contributed by atoms with Crippen molar-refractivity contribution in [3.8, 4) is 0 Å². The maximum absolute atomic E-state index is 11.5. The Hall–Kier alpha value is -1.35. The lowest BCUT2D eigenvalue weighted by molar-refractivity contribution is -0.152. The zero-order valence-corrected chi connectivity index (χ0v) is 11.6. The third kappa shape index (κ3) is 3.35. The average Bonchev–Trinajstić information content (AvgIpc) is 2.42. The smallest absolute Gasteiger partial charge is 0.309 e. The van der Waals surface area contributed by atoms with Crippen LogP contribution in [0.4, 0.5) is 0 Å². The third-order valence-corrected chi connectivity index (χ3v) is 4.24. The number of carboxylic acid groups (broad SMARTS) is 1. The molecule has 19 heavy (non-hydrogen) atoms. The number of nitrogens with zero attached hydrogens (tertiary/aromatic N) is 1. The average molecular weight is 261 g/mol. The Morgan fingerprint density at radius 2 is 1.89 bits per heavy atom. The van der Waals surface area contributed by atoms with E-state index in [2.05, 4.69) is 36.1 Å². The van der Waals surface area contributed by atoms with Gasteiger partial charge in [-0.2, -0.15) is 0 Å². The zero-order valence-electron chi connectivity index (χ0n) is 11.6. The number of carbonyl (C=O) groups is 1. The van der Waals surface area contributed by atoms with Crippen LogP contribution in [0, 0.1) is 5.41 Å². The van der Waals surface area contributed by atoms with Crippen LogP contribution in [0.25, 0.3) is 0 Å². The van der Waals surface area contributed by atoms with Crippen LogP contribution >= 0.6 is 0 Å². The van der Waals surface area contributed by atoms with Crippen LogP contribution in [0.1, 0.15) is 38.2 Å². The number of hydrogen-bond acceptors (Lipinski definition) is 2. The van der Waals surface area contributed by atoms with E-state index in [0.717, 1.165) is 45.3 Å². The second kappa shape index (κ2) is 6.20. The predicted molar refractivity (Wildman–Crippen MR) is 75.9 cm³/mol. The van der Waals surface area contributed by atoms with Crippen molar-refractivity contribution in [2.24, 2.45) is 5.41 Å². The van der Waals surface area contributed by atoms with E-state index in [1.165, 1.54) is 5.56 Å². The number of piperidine rings is 1. The summed E-state index contributed by atoms with van der Waals surface area (Å²) < 4.78 is 0. The van der Waals surface area contributed by atoms with Gasteiger partial charge in [-0.05, 0) is 37.9 Å². The number of aliphatic carboxylic acids is 1. The van der Waals surface area contributed by atoms with Crippen LogP contribution in [0.3, 0.4) is 0 Å². The van der Waals surface area contributed by atoms with Gasteiger partial charge in [0, 0.05) is 6.54 Å². The van der Waals surface area contributed by atoms with Crippen LogP contribution in [0.5, 0.6) is 0 Å². The largest absolute Gasteiger partial charge is 0.481 e. The number of likely N-dealkylation sites (tertiary alicyclic amines) is 1. The van der Waals surface area contributed by atoms with E-state index in [9.17, 15) is 9.90 Å². The number of rotatable bonds is 5. The van der Waals surface area contributed by atoms with Gasteiger partial charge in [-0.15, -0.1) is 0 Å². The second-order valence-corrected chi connectivity index (χ2v) is 5.60. The molecular weight excluding hydrogens is 238 g/mol. The Labute approximate surface area is 115 Å².